The van der Waals surface area contributed by atoms with Crippen molar-refractivity contribution in [2.24, 2.45) is 5.92 Å². The average molecular weight is 279 g/mol. The van der Waals surface area contributed by atoms with E-state index >= 15 is 0 Å². The van der Waals surface area contributed by atoms with E-state index in [1.807, 2.05) is 0 Å². The van der Waals surface area contributed by atoms with Gasteiger partial charge in [-0.25, -0.2) is 0 Å². The van der Waals surface area contributed by atoms with Crippen molar-refractivity contribution in [2.45, 2.75) is 63.5 Å². The lowest BCUT2D eigenvalue weighted by Gasteiger charge is -2.36. The van der Waals surface area contributed by atoms with E-state index in [-0.39, 0.29) is 5.60 Å². The molecule has 1 aliphatic heterocycles. The lowest BCUT2D eigenvalue weighted by atomic mass is 9.78. The van der Waals surface area contributed by atoms with Crippen molar-refractivity contribution in [2.75, 3.05) is 13.7 Å². The second-order valence-corrected chi connectivity index (χ2v) is 6.41. The third kappa shape index (κ3) is 2.74. The van der Waals surface area contributed by atoms with Crippen LogP contribution < -0.4 is 5.32 Å². The molecular weight excluding hydrogens is 254 g/mol. The van der Waals surface area contributed by atoms with Crippen LogP contribution in [0.2, 0.25) is 0 Å². The normalized spacial score (nSPS) is 34.5. The maximum absolute atomic E-state index is 5.82. The van der Waals surface area contributed by atoms with Gasteiger partial charge in [-0.3, -0.25) is 0 Å². The first-order valence-corrected chi connectivity index (χ1v) is 7.83. The van der Waals surface area contributed by atoms with Crippen LogP contribution in [-0.4, -0.2) is 29.8 Å². The summed E-state index contributed by atoms with van der Waals surface area (Å²) in [7, 11) is 1.77. The maximum atomic E-state index is 5.82. The largest absolute Gasteiger partial charge is 0.370 e. The number of ether oxygens (including phenoxy) is 1. The molecule has 3 rings (SSSR count). The average Bonchev–Trinajstić information content (AvgIpc) is 3.11. The molecule has 2 heterocycles. The fourth-order valence-electron chi connectivity index (χ4n) is 3.65. The van der Waals surface area contributed by atoms with Crippen LogP contribution in [0.15, 0.2) is 4.52 Å². The second-order valence-electron chi connectivity index (χ2n) is 6.41. The van der Waals surface area contributed by atoms with Crippen LogP contribution in [0, 0.1) is 5.92 Å². The van der Waals surface area contributed by atoms with Crippen molar-refractivity contribution in [3.63, 3.8) is 0 Å². The zero-order valence-corrected chi connectivity index (χ0v) is 12.5. The summed E-state index contributed by atoms with van der Waals surface area (Å²) in [5.74, 6) is 2.15. The molecule has 20 heavy (non-hydrogen) atoms. The van der Waals surface area contributed by atoms with Gasteiger partial charge in [0.1, 0.15) is 5.60 Å². The molecule has 2 fully saturated rings. The molecule has 1 N–H and O–H groups in total. The van der Waals surface area contributed by atoms with E-state index < -0.39 is 0 Å². The van der Waals surface area contributed by atoms with Gasteiger partial charge in [0.2, 0.25) is 11.7 Å². The van der Waals surface area contributed by atoms with Gasteiger partial charge in [0.15, 0.2) is 0 Å². The second kappa shape index (κ2) is 5.82. The van der Waals surface area contributed by atoms with Gasteiger partial charge < -0.3 is 14.6 Å². The highest BCUT2D eigenvalue weighted by atomic mass is 16.5. The monoisotopic (exact) mass is 279 g/mol. The highest BCUT2D eigenvalue weighted by Gasteiger charge is 2.41. The van der Waals surface area contributed by atoms with E-state index in [4.69, 9.17) is 9.26 Å². The summed E-state index contributed by atoms with van der Waals surface area (Å²) < 4.78 is 11.3. The number of nitrogens with zero attached hydrogens (tertiary/aromatic N) is 2. The van der Waals surface area contributed by atoms with Crippen molar-refractivity contribution in [3.8, 4) is 0 Å². The standard InChI is InChI=1S/C15H25N3O2/c1-11-5-3-7-15(10-11,19-2)14-17-13(20-18-14)9-12-6-4-8-16-12/h11-12,16H,3-10H2,1-2H3. The first-order valence-electron chi connectivity index (χ1n) is 7.83. The maximum Gasteiger partial charge on any atom is 0.228 e. The van der Waals surface area contributed by atoms with Gasteiger partial charge >= 0.3 is 0 Å². The molecule has 2 aliphatic rings. The lowest BCUT2D eigenvalue weighted by molar-refractivity contribution is -0.0658. The minimum atomic E-state index is -0.331. The molecule has 1 saturated carbocycles. The Morgan fingerprint density at radius 3 is 3.00 bits per heavy atom. The quantitative estimate of drug-likeness (QED) is 0.917. The zero-order valence-electron chi connectivity index (χ0n) is 12.5. The van der Waals surface area contributed by atoms with Gasteiger partial charge in [-0.1, -0.05) is 18.5 Å². The van der Waals surface area contributed by atoms with E-state index in [2.05, 4.69) is 22.4 Å². The molecule has 5 heteroatoms. The number of nitrogens with one attached hydrogen (secondary N) is 1. The zero-order chi connectivity index (χ0) is 14.0. The van der Waals surface area contributed by atoms with Crippen LogP contribution in [0.1, 0.15) is 57.2 Å². The summed E-state index contributed by atoms with van der Waals surface area (Å²) in [5.41, 5.74) is -0.331. The molecule has 1 aliphatic carbocycles. The number of hydrogen-bond acceptors (Lipinski definition) is 5. The fourth-order valence-corrected chi connectivity index (χ4v) is 3.65. The van der Waals surface area contributed by atoms with E-state index in [1.54, 1.807) is 7.11 Å². The SMILES string of the molecule is COC1(c2noc(CC3CCCN3)n2)CCCC(C)C1. The van der Waals surface area contributed by atoms with Crippen molar-refractivity contribution in [3.05, 3.63) is 11.7 Å². The summed E-state index contributed by atoms with van der Waals surface area (Å²) in [6, 6.07) is 0.493. The Kier molecular flexibility index (Phi) is 4.08. The van der Waals surface area contributed by atoms with Crippen molar-refractivity contribution in [1.82, 2.24) is 15.5 Å². The van der Waals surface area contributed by atoms with Crippen LogP contribution in [0.5, 0.6) is 0 Å². The first-order chi connectivity index (χ1) is 9.72. The van der Waals surface area contributed by atoms with Crippen LogP contribution in [-0.2, 0) is 16.8 Å². The molecule has 112 valence electrons. The Labute approximate surface area is 120 Å². The molecule has 5 nitrogen and oxygen atoms in total. The molecule has 0 spiro atoms. The minimum absolute atomic E-state index is 0.331. The number of aromatic nitrogens is 2. The molecule has 3 unspecified atom stereocenters. The number of methoxy groups -OCH3 is 1. The smallest absolute Gasteiger partial charge is 0.228 e. The Bertz CT molecular complexity index is 442. The van der Waals surface area contributed by atoms with Gasteiger partial charge in [-0.2, -0.15) is 4.98 Å². The Morgan fingerprint density at radius 1 is 1.40 bits per heavy atom. The Morgan fingerprint density at radius 2 is 2.30 bits per heavy atom. The highest BCUT2D eigenvalue weighted by Crippen LogP contribution is 2.41. The van der Waals surface area contributed by atoms with Gasteiger partial charge in [0, 0.05) is 19.6 Å². The summed E-state index contributed by atoms with van der Waals surface area (Å²) in [5, 5.41) is 7.69. The molecule has 3 atom stereocenters. The molecular formula is C15H25N3O2. The predicted octanol–water partition coefficient (Wildman–Crippen LogP) is 2.42. The predicted molar refractivity (Wildman–Crippen MR) is 75.3 cm³/mol. The molecule has 0 radical (unpaired) electrons. The van der Waals surface area contributed by atoms with E-state index in [9.17, 15) is 0 Å². The molecule has 1 aromatic heterocycles. The van der Waals surface area contributed by atoms with Crippen LogP contribution in [0.4, 0.5) is 0 Å². The third-order valence-electron chi connectivity index (χ3n) is 4.81. The van der Waals surface area contributed by atoms with Crippen LogP contribution in [0.25, 0.3) is 0 Å². The Hall–Kier alpha value is -0.940. The highest BCUT2D eigenvalue weighted by molar-refractivity contribution is 5.05. The van der Waals surface area contributed by atoms with Crippen molar-refractivity contribution < 1.29 is 9.26 Å². The lowest BCUT2D eigenvalue weighted by Crippen LogP contribution is -2.35. The van der Waals surface area contributed by atoms with Gasteiger partial charge in [-0.05, 0) is 44.6 Å². The van der Waals surface area contributed by atoms with Crippen LogP contribution >= 0.6 is 0 Å². The number of rotatable bonds is 4. The fraction of sp³-hybridized carbons (Fsp3) is 0.867. The summed E-state index contributed by atoms with van der Waals surface area (Å²) in [6.07, 6.45) is 7.70. The minimum Gasteiger partial charge on any atom is -0.370 e. The van der Waals surface area contributed by atoms with Gasteiger partial charge in [0.05, 0.1) is 0 Å². The summed E-state index contributed by atoms with van der Waals surface area (Å²) >= 11 is 0. The van der Waals surface area contributed by atoms with Gasteiger partial charge in [-0.15, -0.1) is 0 Å². The van der Waals surface area contributed by atoms with Crippen LogP contribution in [0.3, 0.4) is 0 Å². The Balaban J connectivity index is 1.73. The topological polar surface area (TPSA) is 60.2 Å². The first kappa shape index (κ1) is 14.0. The molecule has 1 aromatic rings. The summed E-state index contributed by atoms with van der Waals surface area (Å²) in [4.78, 5) is 4.63. The third-order valence-corrected chi connectivity index (χ3v) is 4.81. The molecule has 0 bridgehead atoms. The molecule has 1 saturated heterocycles. The summed E-state index contributed by atoms with van der Waals surface area (Å²) in [6.45, 7) is 3.38. The van der Waals surface area contributed by atoms with Crippen molar-refractivity contribution in [1.29, 1.82) is 0 Å². The molecule has 0 amide bonds. The van der Waals surface area contributed by atoms with E-state index in [0.717, 1.165) is 37.5 Å². The molecule has 0 aromatic carbocycles. The van der Waals surface area contributed by atoms with E-state index in [0.29, 0.717) is 12.0 Å². The van der Waals surface area contributed by atoms with Crippen molar-refractivity contribution >= 4 is 0 Å². The van der Waals surface area contributed by atoms with Gasteiger partial charge in [0.25, 0.3) is 0 Å². The van der Waals surface area contributed by atoms with E-state index in [1.165, 1.54) is 25.7 Å². The number of hydrogen-bond donors (Lipinski definition) is 1.